The van der Waals surface area contributed by atoms with Crippen molar-refractivity contribution in [3.05, 3.63) is 10.6 Å². The standard InChI is InChI=1S/C8H13N3S/c1-11(2)10-8-9-6-4-3-5-7(6)12-8/h3-5H2,1-2H3,(H,9,10). The molecular formula is C8H13N3S. The van der Waals surface area contributed by atoms with E-state index >= 15 is 0 Å². The number of nitrogens with zero attached hydrogens (tertiary/aromatic N) is 2. The van der Waals surface area contributed by atoms with Crippen LogP contribution in [0.5, 0.6) is 0 Å². The third kappa shape index (κ3) is 1.44. The highest BCUT2D eigenvalue weighted by Crippen LogP contribution is 2.30. The van der Waals surface area contributed by atoms with Crippen molar-refractivity contribution in [2.45, 2.75) is 19.3 Å². The van der Waals surface area contributed by atoms with E-state index in [0.717, 1.165) is 5.13 Å². The van der Waals surface area contributed by atoms with Gasteiger partial charge in [-0.2, -0.15) is 0 Å². The van der Waals surface area contributed by atoms with E-state index in [1.807, 2.05) is 19.1 Å². The average Bonchev–Trinajstić information content (AvgIpc) is 2.43. The lowest BCUT2D eigenvalue weighted by molar-refractivity contribution is 0.494. The molecule has 1 aliphatic carbocycles. The fraction of sp³-hybridized carbons (Fsp3) is 0.625. The van der Waals surface area contributed by atoms with Gasteiger partial charge in [0.05, 0.1) is 5.69 Å². The Morgan fingerprint density at radius 1 is 1.42 bits per heavy atom. The number of aryl methyl sites for hydroxylation is 2. The van der Waals surface area contributed by atoms with E-state index in [-0.39, 0.29) is 0 Å². The second-order valence-corrected chi connectivity index (χ2v) is 4.33. The second kappa shape index (κ2) is 3.03. The second-order valence-electron chi connectivity index (χ2n) is 3.25. The SMILES string of the molecule is CN(C)Nc1nc2c(s1)CCC2. The Balaban J connectivity index is 2.15. The van der Waals surface area contributed by atoms with E-state index in [0.29, 0.717) is 0 Å². The molecule has 4 heteroatoms. The highest BCUT2D eigenvalue weighted by molar-refractivity contribution is 7.15. The number of nitrogens with one attached hydrogen (secondary N) is 1. The normalized spacial score (nSPS) is 15.2. The number of hydrogen-bond donors (Lipinski definition) is 1. The molecule has 1 aromatic rings. The molecule has 12 heavy (non-hydrogen) atoms. The molecule has 2 rings (SSSR count). The summed E-state index contributed by atoms with van der Waals surface area (Å²) in [4.78, 5) is 5.97. The molecule has 0 bridgehead atoms. The van der Waals surface area contributed by atoms with Crippen LogP contribution in [0.2, 0.25) is 0 Å². The van der Waals surface area contributed by atoms with Crippen LogP contribution in [0, 0.1) is 0 Å². The van der Waals surface area contributed by atoms with Gasteiger partial charge in [0.1, 0.15) is 0 Å². The first-order chi connectivity index (χ1) is 5.75. The molecule has 0 fully saturated rings. The third-order valence-corrected chi connectivity index (χ3v) is 2.98. The van der Waals surface area contributed by atoms with Crippen LogP contribution in [-0.4, -0.2) is 24.1 Å². The van der Waals surface area contributed by atoms with Crippen molar-refractivity contribution in [1.29, 1.82) is 0 Å². The van der Waals surface area contributed by atoms with Gasteiger partial charge in [-0.25, -0.2) is 9.99 Å². The van der Waals surface area contributed by atoms with Gasteiger partial charge >= 0.3 is 0 Å². The Morgan fingerprint density at radius 2 is 2.25 bits per heavy atom. The van der Waals surface area contributed by atoms with Crippen LogP contribution in [0.3, 0.4) is 0 Å². The summed E-state index contributed by atoms with van der Waals surface area (Å²) in [7, 11) is 3.96. The number of hydrogen-bond acceptors (Lipinski definition) is 4. The molecule has 0 atom stereocenters. The van der Waals surface area contributed by atoms with E-state index in [9.17, 15) is 0 Å². The van der Waals surface area contributed by atoms with Gasteiger partial charge in [-0.15, -0.1) is 11.3 Å². The van der Waals surface area contributed by atoms with Gasteiger partial charge in [-0.3, -0.25) is 5.43 Å². The molecule has 1 aliphatic rings. The predicted octanol–water partition coefficient (Wildman–Crippen LogP) is 1.52. The Morgan fingerprint density at radius 3 is 2.92 bits per heavy atom. The number of thiazole rings is 1. The van der Waals surface area contributed by atoms with Crippen molar-refractivity contribution in [1.82, 2.24) is 9.99 Å². The van der Waals surface area contributed by atoms with Crippen LogP contribution in [-0.2, 0) is 12.8 Å². The Bertz CT molecular complexity index is 258. The van der Waals surface area contributed by atoms with E-state index in [1.165, 1.54) is 29.8 Å². The van der Waals surface area contributed by atoms with Crippen molar-refractivity contribution in [2.24, 2.45) is 0 Å². The Kier molecular flexibility index (Phi) is 2.02. The summed E-state index contributed by atoms with van der Waals surface area (Å²) in [5.74, 6) is 0. The molecular weight excluding hydrogens is 170 g/mol. The van der Waals surface area contributed by atoms with Crippen molar-refractivity contribution in [2.75, 3.05) is 19.5 Å². The number of anilines is 1. The highest BCUT2D eigenvalue weighted by atomic mass is 32.1. The van der Waals surface area contributed by atoms with Gasteiger partial charge in [0, 0.05) is 19.0 Å². The minimum absolute atomic E-state index is 1.03. The predicted molar refractivity (Wildman–Crippen MR) is 51.4 cm³/mol. The van der Waals surface area contributed by atoms with Gasteiger partial charge < -0.3 is 0 Å². The van der Waals surface area contributed by atoms with Gasteiger partial charge in [0.2, 0.25) is 0 Å². The Labute approximate surface area is 76.4 Å². The smallest absolute Gasteiger partial charge is 0.197 e. The molecule has 0 unspecified atom stereocenters. The number of rotatable bonds is 2. The molecule has 3 nitrogen and oxygen atoms in total. The lowest BCUT2D eigenvalue weighted by Gasteiger charge is -2.09. The molecule has 0 aliphatic heterocycles. The monoisotopic (exact) mass is 183 g/mol. The molecule has 0 aromatic carbocycles. The highest BCUT2D eigenvalue weighted by Gasteiger charge is 2.16. The lowest BCUT2D eigenvalue weighted by Crippen LogP contribution is -2.19. The first kappa shape index (κ1) is 8.01. The average molecular weight is 183 g/mol. The van der Waals surface area contributed by atoms with Crippen LogP contribution in [0.1, 0.15) is 17.0 Å². The summed E-state index contributed by atoms with van der Waals surface area (Å²) in [6.07, 6.45) is 3.68. The third-order valence-electron chi connectivity index (χ3n) is 1.91. The van der Waals surface area contributed by atoms with Crippen LogP contribution in [0.25, 0.3) is 0 Å². The molecule has 0 radical (unpaired) electrons. The van der Waals surface area contributed by atoms with Crippen molar-refractivity contribution in [3.63, 3.8) is 0 Å². The molecule has 1 heterocycles. The van der Waals surface area contributed by atoms with Crippen LogP contribution >= 0.6 is 11.3 Å². The lowest BCUT2D eigenvalue weighted by atomic mass is 10.4. The fourth-order valence-electron chi connectivity index (χ4n) is 1.43. The summed E-state index contributed by atoms with van der Waals surface area (Å²) in [6, 6.07) is 0. The molecule has 66 valence electrons. The first-order valence-electron chi connectivity index (χ1n) is 4.18. The zero-order chi connectivity index (χ0) is 8.55. The molecule has 0 saturated heterocycles. The number of fused-ring (bicyclic) bond motifs is 1. The van der Waals surface area contributed by atoms with Crippen molar-refractivity contribution < 1.29 is 0 Å². The number of aromatic nitrogens is 1. The van der Waals surface area contributed by atoms with Crippen LogP contribution < -0.4 is 5.43 Å². The zero-order valence-electron chi connectivity index (χ0n) is 7.42. The summed E-state index contributed by atoms with van der Waals surface area (Å²) in [5.41, 5.74) is 4.48. The molecule has 1 N–H and O–H groups in total. The maximum absolute atomic E-state index is 4.50. The van der Waals surface area contributed by atoms with Crippen molar-refractivity contribution >= 4 is 16.5 Å². The quantitative estimate of drug-likeness (QED) is 0.705. The molecule has 0 spiro atoms. The van der Waals surface area contributed by atoms with E-state index in [2.05, 4.69) is 10.4 Å². The van der Waals surface area contributed by atoms with Gasteiger partial charge in [0.25, 0.3) is 0 Å². The summed E-state index contributed by atoms with van der Waals surface area (Å²) in [6.45, 7) is 0. The number of hydrazine groups is 1. The molecule has 1 aromatic heterocycles. The van der Waals surface area contributed by atoms with Crippen LogP contribution in [0.4, 0.5) is 5.13 Å². The summed E-state index contributed by atoms with van der Waals surface area (Å²) < 4.78 is 0. The largest absolute Gasteiger partial charge is 0.295 e. The Hall–Kier alpha value is -0.610. The summed E-state index contributed by atoms with van der Waals surface area (Å²) >= 11 is 1.79. The maximum Gasteiger partial charge on any atom is 0.197 e. The summed E-state index contributed by atoms with van der Waals surface area (Å²) in [5, 5.41) is 2.96. The molecule has 0 saturated carbocycles. The first-order valence-corrected chi connectivity index (χ1v) is 5.00. The van der Waals surface area contributed by atoms with E-state index in [1.54, 1.807) is 11.3 Å². The minimum atomic E-state index is 1.03. The van der Waals surface area contributed by atoms with Gasteiger partial charge in [-0.05, 0) is 19.3 Å². The topological polar surface area (TPSA) is 28.2 Å². The minimum Gasteiger partial charge on any atom is -0.295 e. The maximum atomic E-state index is 4.50. The fourth-order valence-corrected chi connectivity index (χ4v) is 2.56. The van der Waals surface area contributed by atoms with Gasteiger partial charge in [-0.1, -0.05) is 0 Å². The van der Waals surface area contributed by atoms with E-state index < -0.39 is 0 Å². The van der Waals surface area contributed by atoms with Gasteiger partial charge in [0.15, 0.2) is 5.13 Å². The van der Waals surface area contributed by atoms with E-state index in [4.69, 9.17) is 0 Å². The zero-order valence-corrected chi connectivity index (χ0v) is 8.24. The molecule has 0 amide bonds. The van der Waals surface area contributed by atoms with Crippen LogP contribution in [0.15, 0.2) is 0 Å². The van der Waals surface area contributed by atoms with Crippen molar-refractivity contribution in [3.8, 4) is 0 Å².